The minimum absolute atomic E-state index is 0.0867. The van der Waals surface area contributed by atoms with Gasteiger partial charge >= 0.3 is 6.09 Å². The van der Waals surface area contributed by atoms with Crippen LogP contribution in [0.5, 0.6) is 0 Å². The molecule has 0 saturated heterocycles. The molecule has 3 rings (SSSR count). The average molecular weight is 472 g/mol. The lowest BCUT2D eigenvalue weighted by Crippen LogP contribution is -2.58. The molecule has 2 aliphatic rings. The van der Waals surface area contributed by atoms with Gasteiger partial charge in [0.15, 0.2) is 11.8 Å². The number of Topliss-reactive ketones (excluding diaryl/α,β-unsaturated/α-hetero) is 1. The van der Waals surface area contributed by atoms with Crippen LogP contribution in [0.15, 0.2) is 24.3 Å². The van der Waals surface area contributed by atoms with E-state index < -0.39 is 35.0 Å². The van der Waals surface area contributed by atoms with Crippen LogP contribution >= 0.6 is 0 Å². The Kier molecular flexibility index (Phi) is 7.38. The lowest BCUT2D eigenvalue weighted by molar-refractivity contribution is -0.131. The molecule has 1 N–H and O–H groups in total. The standard InChI is InChI=1S/C26H37N3O5/c1-25(2,3)20(30)16-28-18-14-10-11-15-19(18)29(17-12-8-7-9-13-17)23(32)21(22(28)31)27-24(33)34-26(4,5)6/h10-11,14-15,17,21H,7-9,12-13,16H2,1-6H3,(H,27,33)/t21-/m0/s1. The Balaban J connectivity index is 2.08. The summed E-state index contributed by atoms with van der Waals surface area (Å²) < 4.78 is 5.35. The first-order chi connectivity index (χ1) is 15.8. The van der Waals surface area contributed by atoms with Gasteiger partial charge in [-0.1, -0.05) is 52.2 Å². The molecule has 1 saturated carbocycles. The molecule has 186 valence electrons. The highest BCUT2D eigenvalue weighted by molar-refractivity contribution is 6.22. The molecular formula is C26H37N3O5. The van der Waals surface area contributed by atoms with Crippen molar-refractivity contribution in [1.29, 1.82) is 0 Å². The smallest absolute Gasteiger partial charge is 0.408 e. The van der Waals surface area contributed by atoms with E-state index in [-0.39, 0.29) is 18.4 Å². The number of nitrogens with zero attached hydrogens (tertiary/aromatic N) is 2. The third-order valence-electron chi connectivity index (χ3n) is 6.17. The fourth-order valence-electron chi connectivity index (χ4n) is 4.34. The van der Waals surface area contributed by atoms with Crippen LogP contribution in [0.1, 0.15) is 73.6 Å². The van der Waals surface area contributed by atoms with E-state index in [1.807, 2.05) is 6.07 Å². The molecule has 1 aromatic carbocycles. The average Bonchev–Trinajstić information content (AvgIpc) is 2.82. The number of para-hydroxylation sites is 2. The quantitative estimate of drug-likeness (QED) is 0.664. The van der Waals surface area contributed by atoms with Crippen LogP contribution in [0.3, 0.4) is 0 Å². The fraction of sp³-hybridized carbons (Fsp3) is 0.615. The van der Waals surface area contributed by atoms with Crippen LogP contribution in [-0.2, 0) is 19.1 Å². The molecule has 34 heavy (non-hydrogen) atoms. The molecule has 0 spiro atoms. The number of hydrogen-bond acceptors (Lipinski definition) is 5. The summed E-state index contributed by atoms with van der Waals surface area (Å²) in [5, 5.41) is 2.51. The number of fused-ring (bicyclic) bond motifs is 1. The molecule has 1 heterocycles. The highest BCUT2D eigenvalue weighted by atomic mass is 16.6. The maximum atomic E-state index is 13.9. The summed E-state index contributed by atoms with van der Waals surface area (Å²) in [5.74, 6) is -1.29. The number of alkyl carbamates (subject to hydrolysis) is 1. The van der Waals surface area contributed by atoms with Crippen LogP contribution in [0.2, 0.25) is 0 Å². The molecule has 0 radical (unpaired) electrons. The highest BCUT2D eigenvalue weighted by Crippen LogP contribution is 2.38. The molecule has 0 bridgehead atoms. The number of amides is 3. The minimum Gasteiger partial charge on any atom is -0.444 e. The number of carbonyl (C=O) groups excluding carboxylic acids is 4. The number of benzene rings is 1. The Morgan fingerprint density at radius 1 is 0.941 bits per heavy atom. The predicted octanol–water partition coefficient (Wildman–Crippen LogP) is 4.21. The van der Waals surface area contributed by atoms with Gasteiger partial charge < -0.3 is 19.9 Å². The SMILES string of the molecule is CC(C)(C)OC(=O)N[C@H]1C(=O)N(CC(=O)C(C)(C)C)c2ccccc2N(C2CCCCC2)C1=O. The Bertz CT molecular complexity index is 954. The van der Waals surface area contributed by atoms with E-state index in [0.29, 0.717) is 11.4 Å². The van der Waals surface area contributed by atoms with Crippen molar-refractivity contribution >= 4 is 35.1 Å². The molecule has 1 fully saturated rings. The first kappa shape index (κ1) is 25.7. The number of rotatable bonds is 4. The van der Waals surface area contributed by atoms with Crippen molar-refractivity contribution in [2.45, 2.75) is 91.3 Å². The third-order valence-corrected chi connectivity index (χ3v) is 6.17. The van der Waals surface area contributed by atoms with E-state index in [0.717, 1.165) is 32.1 Å². The Morgan fingerprint density at radius 2 is 1.53 bits per heavy atom. The summed E-state index contributed by atoms with van der Waals surface area (Å²) >= 11 is 0. The maximum Gasteiger partial charge on any atom is 0.408 e. The van der Waals surface area contributed by atoms with Gasteiger partial charge in [0.25, 0.3) is 11.8 Å². The molecule has 0 aromatic heterocycles. The van der Waals surface area contributed by atoms with Crippen LogP contribution in [-0.4, -0.2) is 47.9 Å². The van der Waals surface area contributed by atoms with Crippen LogP contribution < -0.4 is 15.1 Å². The van der Waals surface area contributed by atoms with Gasteiger partial charge in [0.2, 0.25) is 0 Å². The number of ketones is 1. The van der Waals surface area contributed by atoms with Crippen LogP contribution in [0.25, 0.3) is 0 Å². The van der Waals surface area contributed by atoms with E-state index in [1.165, 1.54) is 4.90 Å². The summed E-state index contributed by atoms with van der Waals surface area (Å²) in [5.41, 5.74) is -0.391. The van der Waals surface area contributed by atoms with Crippen molar-refractivity contribution in [1.82, 2.24) is 5.32 Å². The molecule has 0 unspecified atom stereocenters. The molecule has 1 aliphatic carbocycles. The van der Waals surface area contributed by atoms with Crippen molar-refractivity contribution in [3.8, 4) is 0 Å². The second-order valence-corrected chi connectivity index (χ2v) is 11.2. The van der Waals surface area contributed by atoms with E-state index in [2.05, 4.69) is 5.32 Å². The van der Waals surface area contributed by atoms with Crippen molar-refractivity contribution in [2.24, 2.45) is 5.41 Å². The van der Waals surface area contributed by atoms with Crippen LogP contribution in [0, 0.1) is 5.41 Å². The van der Waals surface area contributed by atoms with Gasteiger partial charge in [-0.25, -0.2) is 4.79 Å². The maximum absolute atomic E-state index is 13.9. The van der Waals surface area contributed by atoms with Gasteiger partial charge in [-0.05, 0) is 45.7 Å². The summed E-state index contributed by atoms with van der Waals surface area (Å²) in [6, 6.07) is 5.58. The predicted molar refractivity (Wildman–Crippen MR) is 131 cm³/mol. The van der Waals surface area contributed by atoms with Gasteiger partial charge in [-0.3, -0.25) is 14.4 Å². The van der Waals surface area contributed by atoms with Gasteiger partial charge in [0.05, 0.1) is 17.9 Å². The van der Waals surface area contributed by atoms with Crippen molar-refractivity contribution in [2.75, 3.05) is 16.3 Å². The van der Waals surface area contributed by atoms with Crippen molar-refractivity contribution < 1.29 is 23.9 Å². The number of hydrogen-bond donors (Lipinski definition) is 1. The lowest BCUT2D eigenvalue weighted by Gasteiger charge is -2.35. The molecule has 8 heteroatoms. The molecule has 3 amide bonds. The van der Waals surface area contributed by atoms with Gasteiger partial charge in [0, 0.05) is 11.5 Å². The van der Waals surface area contributed by atoms with Gasteiger partial charge in [-0.2, -0.15) is 0 Å². The number of carbonyl (C=O) groups is 4. The van der Waals surface area contributed by atoms with Gasteiger partial charge in [-0.15, -0.1) is 0 Å². The van der Waals surface area contributed by atoms with E-state index in [4.69, 9.17) is 4.74 Å². The lowest BCUT2D eigenvalue weighted by atomic mass is 9.90. The molecule has 1 atom stereocenters. The van der Waals surface area contributed by atoms with E-state index in [1.54, 1.807) is 64.6 Å². The number of anilines is 2. The number of ether oxygens (including phenoxy) is 1. The Labute approximate surface area is 202 Å². The molecule has 1 aromatic rings. The zero-order valence-electron chi connectivity index (χ0n) is 21.1. The minimum atomic E-state index is -1.49. The monoisotopic (exact) mass is 471 g/mol. The van der Waals surface area contributed by atoms with E-state index in [9.17, 15) is 19.2 Å². The van der Waals surface area contributed by atoms with E-state index >= 15 is 0 Å². The zero-order chi connectivity index (χ0) is 25.3. The van der Waals surface area contributed by atoms with Crippen molar-refractivity contribution in [3.63, 3.8) is 0 Å². The Hall–Kier alpha value is -2.90. The normalized spacial score (nSPS) is 20.0. The second kappa shape index (κ2) is 9.76. The van der Waals surface area contributed by atoms with Gasteiger partial charge in [0.1, 0.15) is 5.60 Å². The summed E-state index contributed by atoms with van der Waals surface area (Å²) in [4.78, 5) is 56.2. The summed E-state index contributed by atoms with van der Waals surface area (Å²) in [7, 11) is 0. The summed E-state index contributed by atoms with van der Waals surface area (Å²) in [6.07, 6.45) is 3.85. The number of nitrogens with one attached hydrogen (secondary N) is 1. The first-order valence-electron chi connectivity index (χ1n) is 12.1. The second-order valence-electron chi connectivity index (χ2n) is 11.2. The summed E-state index contributed by atoms with van der Waals surface area (Å²) in [6.45, 7) is 10.3. The van der Waals surface area contributed by atoms with Crippen molar-refractivity contribution in [3.05, 3.63) is 24.3 Å². The zero-order valence-corrected chi connectivity index (χ0v) is 21.1. The molecule has 1 aliphatic heterocycles. The van der Waals surface area contributed by atoms with Crippen LogP contribution in [0.4, 0.5) is 16.2 Å². The molecular weight excluding hydrogens is 434 g/mol. The molecule has 8 nitrogen and oxygen atoms in total. The highest BCUT2D eigenvalue weighted by Gasteiger charge is 2.45. The fourth-order valence-corrected chi connectivity index (χ4v) is 4.34. The third kappa shape index (κ3) is 5.77. The topological polar surface area (TPSA) is 96.0 Å². The largest absolute Gasteiger partial charge is 0.444 e. The first-order valence-corrected chi connectivity index (χ1v) is 12.1. The Morgan fingerprint density at radius 3 is 2.09 bits per heavy atom.